The first-order valence-corrected chi connectivity index (χ1v) is 7.98. The molecule has 5 nitrogen and oxygen atoms in total. The minimum atomic E-state index is -0.0299. The summed E-state index contributed by atoms with van der Waals surface area (Å²) >= 11 is 0. The van der Waals surface area contributed by atoms with Crippen LogP contribution in [-0.2, 0) is 0 Å². The van der Waals surface area contributed by atoms with Crippen molar-refractivity contribution in [3.05, 3.63) is 72.3 Å². The van der Waals surface area contributed by atoms with Gasteiger partial charge < -0.3 is 9.88 Å². The molecule has 24 heavy (non-hydrogen) atoms. The van der Waals surface area contributed by atoms with Gasteiger partial charge in [-0.2, -0.15) is 0 Å². The van der Waals surface area contributed by atoms with Gasteiger partial charge in [-0.25, -0.2) is 4.98 Å². The molecule has 1 amide bonds. The molecular formula is C19H20N4O. The van der Waals surface area contributed by atoms with Crippen LogP contribution >= 0.6 is 0 Å². The normalized spacial score (nSPS) is 11.9. The second-order valence-corrected chi connectivity index (χ2v) is 5.61. The molecule has 0 bridgehead atoms. The highest BCUT2D eigenvalue weighted by molar-refractivity contribution is 6.00. The van der Waals surface area contributed by atoms with Gasteiger partial charge in [0.1, 0.15) is 5.82 Å². The molecule has 0 saturated heterocycles. The van der Waals surface area contributed by atoms with Crippen LogP contribution < -0.4 is 0 Å². The van der Waals surface area contributed by atoms with E-state index in [1.54, 1.807) is 23.5 Å². The lowest BCUT2D eigenvalue weighted by atomic mass is 10.0. The van der Waals surface area contributed by atoms with Crippen LogP contribution in [-0.4, -0.2) is 32.8 Å². The van der Waals surface area contributed by atoms with Gasteiger partial charge in [0.15, 0.2) is 0 Å². The number of aromatic nitrogens is 3. The molecule has 0 saturated carbocycles. The van der Waals surface area contributed by atoms with E-state index in [0.29, 0.717) is 11.4 Å². The van der Waals surface area contributed by atoms with Crippen LogP contribution in [0.25, 0.3) is 11.4 Å². The number of carbonyl (C=O) groups excluding carboxylic acids is 1. The van der Waals surface area contributed by atoms with E-state index >= 15 is 0 Å². The highest BCUT2D eigenvalue weighted by atomic mass is 16.2. The van der Waals surface area contributed by atoms with Crippen LogP contribution in [0.5, 0.6) is 0 Å². The topological polar surface area (TPSA) is 61.9 Å². The third-order valence-corrected chi connectivity index (χ3v) is 4.15. The van der Waals surface area contributed by atoms with Crippen molar-refractivity contribution in [2.45, 2.75) is 19.4 Å². The highest BCUT2D eigenvalue weighted by Gasteiger charge is 2.24. The molecular weight excluding hydrogens is 300 g/mol. The van der Waals surface area contributed by atoms with Gasteiger partial charge in [0.05, 0.1) is 11.6 Å². The summed E-state index contributed by atoms with van der Waals surface area (Å²) in [4.78, 5) is 26.4. The van der Waals surface area contributed by atoms with E-state index in [1.807, 2.05) is 49.6 Å². The number of carbonyl (C=O) groups is 1. The molecule has 3 rings (SSSR count). The van der Waals surface area contributed by atoms with Crippen molar-refractivity contribution in [3.63, 3.8) is 0 Å². The van der Waals surface area contributed by atoms with E-state index in [2.05, 4.69) is 21.9 Å². The van der Waals surface area contributed by atoms with Gasteiger partial charge in [0.25, 0.3) is 5.91 Å². The molecule has 0 fully saturated rings. The highest BCUT2D eigenvalue weighted by Crippen LogP contribution is 2.27. The van der Waals surface area contributed by atoms with E-state index in [1.165, 1.54) is 0 Å². The molecule has 2 heterocycles. The van der Waals surface area contributed by atoms with Crippen LogP contribution in [0.4, 0.5) is 0 Å². The number of hydrogen-bond donors (Lipinski definition) is 1. The summed E-state index contributed by atoms with van der Waals surface area (Å²) in [6, 6.07) is 11.4. The number of hydrogen-bond acceptors (Lipinski definition) is 3. The quantitative estimate of drug-likeness (QED) is 0.780. The Morgan fingerprint density at radius 2 is 2.04 bits per heavy atom. The molecule has 0 spiro atoms. The fraction of sp³-hybridized carbons (Fsp3) is 0.211. The standard InChI is InChI=1S/C19H20N4O/c1-3-17(14-7-6-10-20-13-14)23(2)19(24)16-9-5-4-8-15(16)18-21-11-12-22-18/h4-13,17H,3H2,1-2H3,(H,21,22). The number of amides is 1. The Hall–Kier alpha value is -2.95. The van der Waals surface area contributed by atoms with Crippen molar-refractivity contribution in [2.24, 2.45) is 0 Å². The van der Waals surface area contributed by atoms with E-state index in [-0.39, 0.29) is 11.9 Å². The minimum Gasteiger partial charge on any atom is -0.345 e. The average Bonchev–Trinajstić information content (AvgIpc) is 3.17. The van der Waals surface area contributed by atoms with Crippen LogP contribution in [0.15, 0.2) is 61.2 Å². The van der Waals surface area contributed by atoms with E-state index in [0.717, 1.165) is 17.5 Å². The second-order valence-electron chi connectivity index (χ2n) is 5.61. The first kappa shape index (κ1) is 15.9. The molecule has 5 heteroatoms. The molecule has 0 radical (unpaired) electrons. The number of pyridine rings is 1. The molecule has 0 aliphatic heterocycles. The first-order valence-electron chi connectivity index (χ1n) is 7.98. The lowest BCUT2D eigenvalue weighted by Gasteiger charge is -2.28. The van der Waals surface area contributed by atoms with Gasteiger partial charge in [0, 0.05) is 37.4 Å². The average molecular weight is 320 g/mol. The largest absolute Gasteiger partial charge is 0.345 e. The molecule has 0 aliphatic rings. The predicted octanol–water partition coefficient (Wildman–Crippen LogP) is 3.70. The maximum atomic E-state index is 13.1. The molecule has 1 atom stereocenters. The smallest absolute Gasteiger partial charge is 0.254 e. The van der Waals surface area contributed by atoms with Gasteiger partial charge in [-0.3, -0.25) is 9.78 Å². The number of nitrogens with one attached hydrogen (secondary N) is 1. The second kappa shape index (κ2) is 7.08. The zero-order valence-corrected chi connectivity index (χ0v) is 13.8. The molecule has 3 aromatic rings. The Labute approximate surface area is 141 Å². The summed E-state index contributed by atoms with van der Waals surface area (Å²) in [6.45, 7) is 2.07. The van der Waals surface area contributed by atoms with E-state index in [4.69, 9.17) is 0 Å². The Kier molecular flexibility index (Phi) is 4.70. The SMILES string of the molecule is CCC(c1cccnc1)N(C)C(=O)c1ccccc1-c1ncc[nH]1. The summed E-state index contributed by atoms with van der Waals surface area (Å²) in [5.41, 5.74) is 2.48. The number of H-pyrrole nitrogens is 1. The van der Waals surface area contributed by atoms with Crippen LogP contribution in [0.2, 0.25) is 0 Å². The number of rotatable bonds is 5. The summed E-state index contributed by atoms with van der Waals surface area (Å²) in [7, 11) is 1.84. The Bertz CT molecular complexity index is 799. The van der Waals surface area contributed by atoms with Gasteiger partial charge in [-0.05, 0) is 24.1 Å². The fourth-order valence-corrected chi connectivity index (χ4v) is 2.93. The number of nitrogens with zero attached hydrogens (tertiary/aromatic N) is 3. The zero-order chi connectivity index (χ0) is 16.9. The van der Waals surface area contributed by atoms with Crippen molar-refractivity contribution >= 4 is 5.91 Å². The number of aromatic amines is 1. The van der Waals surface area contributed by atoms with Gasteiger partial charge in [-0.15, -0.1) is 0 Å². The zero-order valence-electron chi connectivity index (χ0n) is 13.8. The fourth-order valence-electron chi connectivity index (χ4n) is 2.93. The minimum absolute atomic E-state index is 0.0177. The van der Waals surface area contributed by atoms with E-state index in [9.17, 15) is 4.79 Å². The van der Waals surface area contributed by atoms with E-state index < -0.39 is 0 Å². The summed E-state index contributed by atoms with van der Waals surface area (Å²) < 4.78 is 0. The maximum absolute atomic E-state index is 13.1. The number of imidazole rings is 1. The third kappa shape index (κ3) is 3.06. The van der Waals surface area contributed by atoms with Gasteiger partial charge in [-0.1, -0.05) is 31.2 Å². The number of benzene rings is 1. The molecule has 1 aromatic carbocycles. The van der Waals surface area contributed by atoms with Crippen molar-refractivity contribution in [1.82, 2.24) is 19.9 Å². The predicted molar refractivity (Wildman–Crippen MR) is 93.4 cm³/mol. The Morgan fingerprint density at radius 1 is 1.21 bits per heavy atom. The monoisotopic (exact) mass is 320 g/mol. The van der Waals surface area contributed by atoms with Crippen LogP contribution in [0.3, 0.4) is 0 Å². The first-order chi connectivity index (χ1) is 11.7. The molecule has 2 aromatic heterocycles. The molecule has 122 valence electrons. The Balaban J connectivity index is 1.94. The van der Waals surface area contributed by atoms with Crippen molar-refractivity contribution in [3.8, 4) is 11.4 Å². The molecule has 1 unspecified atom stereocenters. The van der Waals surface area contributed by atoms with Gasteiger partial charge in [0.2, 0.25) is 0 Å². The summed E-state index contributed by atoms with van der Waals surface area (Å²) in [5.74, 6) is 0.666. The van der Waals surface area contributed by atoms with Crippen LogP contribution in [0.1, 0.15) is 35.3 Å². The maximum Gasteiger partial charge on any atom is 0.254 e. The van der Waals surface area contributed by atoms with Gasteiger partial charge >= 0.3 is 0 Å². The molecule has 0 aliphatic carbocycles. The van der Waals surface area contributed by atoms with Crippen molar-refractivity contribution in [2.75, 3.05) is 7.05 Å². The van der Waals surface area contributed by atoms with Crippen molar-refractivity contribution < 1.29 is 4.79 Å². The lowest BCUT2D eigenvalue weighted by molar-refractivity contribution is 0.0726. The Morgan fingerprint density at radius 3 is 2.71 bits per heavy atom. The lowest BCUT2D eigenvalue weighted by Crippen LogP contribution is -2.31. The summed E-state index contributed by atoms with van der Waals surface area (Å²) in [5, 5.41) is 0. The van der Waals surface area contributed by atoms with Crippen LogP contribution in [0, 0.1) is 0 Å². The van der Waals surface area contributed by atoms with Crippen molar-refractivity contribution in [1.29, 1.82) is 0 Å². The molecule has 1 N–H and O–H groups in total. The third-order valence-electron chi connectivity index (χ3n) is 4.15. The summed E-state index contributed by atoms with van der Waals surface area (Å²) in [6.07, 6.45) is 7.81.